The summed E-state index contributed by atoms with van der Waals surface area (Å²) >= 11 is 5.78. The van der Waals surface area contributed by atoms with Gasteiger partial charge in [-0.2, -0.15) is 0 Å². The second kappa shape index (κ2) is 6.29. The van der Waals surface area contributed by atoms with Gasteiger partial charge < -0.3 is 15.8 Å². The van der Waals surface area contributed by atoms with E-state index in [1.165, 1.54) is 31.6 Å². The average Bonchev–Trinajstić information content (AvgIpc) is 2.57. The Kier molecular flexibility index (Phi) is 4.18. The number of fused-ring (bicyclic) bond motifs is 1. The van der Waals surface area contributed by atoms with Crippen molar-refractivity contribution in [1.29, 1.82) is 0 Å². The minimum absolute atomic E-state index is 0.0159. The van der Waals surface area contributed by atoms with E-state index in [2.05, 4.69) is 15.3 Å². The third kappa shape index (κ3) is 2.93. The lowest BCUT2D eigenvalue weighted by Crippen LogP contribution is -2.12. The number of ether oxygens (including phenoxy) is 1. The van der Waals surface area contributed by atoms with Crippen LogP contribution in [0, 0.1) is 5.82 Å². The highest BCUT2D eigenvalue weighted by Crippen LogP contribution is 2.30. The van der Waals surface area contributed by atoms with E-state index in [0.29, 0.717) is 28.2 Å². The van der Waals surface area contributed by atoms with Crippen molar-refractivity contribution in [2.45, 2.75) is 0 Å². The number of hydrogen-bond donors (Lipinski definition) is 2. The van der Waals surface area contributed by atoms with Crippen molar-refractivity contribution in [2.75, 3.05) is 12.4 Å². The Labute approximate surface area is 141 Å². The van der Waals surface area contributed by atoms with E-state index in [0.717, 1.165) is 0 Å². The SMILES string of the molecule is COc1cc2ncnc(Nc3ccc(F)c(Cl)c3)c2cc1C(N)=O. The molecule has 0 bridgehead atoms. The van der Waals surface area contributed by atoms with E-state index in [4.69, 9.17) is 22.1 Å². The Morgan fingerprint density at radius 1 is 1.29 bits per heavy atom. The summed E-state index contributed by atoms with van der Waals surface area (Å²) in [6, 6.07) is 7.34. The van der Waals surface area contributed by atoms with Gasteiger partial charge in [-0.05, 0) is 24.3 Å². The van der Waals surface area contributed by atoms with Crippen molar-refractivity contribution in [2.24, 2.45) is 5.73 Å². The molecule has 0 aliphatic heterocycles. The normalized spacial score (nSPS) is 10.6. The Hall–Kier alpha value is -2.93. The van der Waals surface area contributed by atoms with Gasteiger partial charge in [-0.3, -0.25) is 4.79 Å². The third-order valence-corrected chi connectivity index (χ3v) is 3.69. The van der Waals surface area contributed by atoms with Crippen molar-refractivity contribution >= 4 is 39.9 Å². The molecule has 0 fully saturated rings. The van der Waals surface area contributed by atoms with Crippen LogP contribution in [-0.4, -0.2) is 23.0 Å². The van der Waals surface area contributed by atoms with E-state index >= 15 is 0 Å². The first kappa shape index (κ1) is 15.9. The monoisotopic (exact) mass is 346 g/mol. The molecule has 24 heavy (non-hydrogen) atoms. The maximum atomic E-state index is 13.3. The van der Waals surface area contributed by atoms with Crippen molar-refractivity contribution < 1.29 is 13.9 Å². The molecule has 122 valence electrons. The summed E-state index contributed by atoms with van der Waals surface area (Å²) in [4.78, 5) is 19.9. The van der Waals surface area contributed by atoms with Crippen LogP contribution in [0.1, 0.15) is 10.4 Å². The molecule has 0 saturated carbocycles. The van der Waals surface area contributed by atoms with Crippen molar-refractivity contribution in [3.8, 4) is 5.75 Å². The van der Waals surface area contributed by atoms with Gasteiger partial charge in [0.2, 0.25) is 0 Å². The van der Waals surface area contributed by atoms with Gasteiger partial charge in [0, 0.05) is 17.1 Å². The molecule has 0 aliphatic carbocycles. The van der Waals surface area contributed by atoms with Gasteiger partial charge in [0.1, 0.15) is 23.7 Å². The van der Waals surface area contributed by atoms with E-state index in [-0.39, 0.29) is 10.6 Å². The number of nitrogens with two attached hydrogens (primary N) is 1. The topological polar surface area (TPSA) is 90.1 Å². The van der Waals surface area contributed by atoms with Gasteiger partial charge in [-0.15, -0.1) is 0 Å². The number of primary amides is 1. The van der Waals surface area contributed by atoms with Crippen molar-refractivity contribution in [3.63, 3.8) is 0 Å². The van der Waals surface area contributed by atoms with Crippen LogP contribution >= 0.6 is 11.6 Å². The number of benzene rings is 2. The Morgan fingerprint density at radius 3 is 2.75 bits per heavy atom. The molecule has 1 aromatic heterocycles. The van der Waals surface area contributed by atoms with E-state index in [1.807, 2.05) is 0 Å². The summed E-state index contributed by atoms with van der Waals surface area (Å²) in [5.41, 5.74) is 6.69. The molecule has 3 rings (SSSR count). The van der Waals surface area contributed by atoms with Crippen LogP contribution in [0.2, 0.25) is 5.02 Å². The first-order chi connectivity index (χ1) is 11.5. The quantitative estimate of drug-likeness (QED) is 0.756. The molecule has 3 aromatic rings. The van der Waals surface area contributed by atoms with Gasteiger partial charge in [-0.1, -0.05) is 11.6 Å². The molecule has 3 N–H and O–H groups in total. The lowest BCUT2D eigenvalue weighted by molar-refractivity contribution is 0.0997. The average molecular weight is 347 g/mol. The molecule has 6 nitrogen and oxygen atoms in total. The van der Waals surface area contributed by atoms with Crippen LogP contribution in [0.3, 0.4) is 0 Å². The van der Waals surface area contributed by atoms with Crippen LogP contribution < -0.4 is 15.8 Å². The van der Waals surface area contributed by atoms with Crippen LogP contribution in [0.15, 0.2) is 36.7 Å². The lowest BCUT2D eigenvalue weighted by atomic mass is 10.1. The van der Waals surface area contributed by atoms with Crippen LogP contribution in [-0.2, 0) is 0 Å². The van der Waals surface area contributed by atoms with Crippen LogP contribution in [0.5, 0.6) is 5.75 Å². The van der Waals surface area contributed by atoms with Crippen LogP contribution in [0.4, 0.5) is 15.9 Å². The highest BCUT2D eigenvalue weighted by Gasteiger charge is 2.14. The number of carbonyl (C=O) groups excluding carboxylic acids is 1. The minimum atomic E-state index is -0.631. The summed E-state index contributed by atoms with van der Waals surface area (Å²) in [5, 5.41) is 3.57. The summed E-state index contributed by atoms with van der Waals surface area (Å²) in [6.45, 7) is 0. The summed E-state index contributed by atoms with van der Waals surface area (Å²) in [6.07, 6.45) is 1.36. The molecule has 1 amide bonds. The lowest BCUT2D eigenvalue weighted by Gasteiger charge is -2.11. The number of amides is 1. The molecule has 0 aliphatic rings. The zero-order valence-corrected chi connectivity index (χ0v) is 13.3. The second-order valence-corrected chi connectivity index (χ2v) is 5.32. The largest absolute Gasteiger partial charge is 0.496 e. The number of anilines is 2. The van der Waals surface area contributed by atoms with Crippen molar-refractivity contribution in [3.05, 3.63) is 53.1 Å². The number of halogens is 2. The highest BCUT2D eigenvalue weighted by molar-refractivity contribution is 6.31. The zero-order valence-electron chi connectivity index (χ0n) is 12.5. The van der Waals surface area contributed by atoms with Gasteiger partial charge in [-0.25, -0.2) is 14.4 Å². The number of hydrogen-bond acceptors (Lipinski definition) is 5. The zero-order chi connectivity index (χ0) is 17.3. The van der Waals surface area contributed by atoms with E-state index in [1.54, 1.807) is 12.1 Å². The fourth-order valence-corrected chi connectivity index (χ4v) is 2.44. The molecule has 0 atom stereocenters. The smallest absolute Gasteiger partial charge is 0.252 e. The van der Waals surface area contributed by atoms with Gasteiger partial charge >= 0.3 is 0 Å². The van der Waals surface area contributed by atoms with Gasteiger partial charge in [0.25, 0.3) is 5.91 Å². The molecule has 0 spiro atoms. The summed E-state index contributed by atoms with van der Waals surface area (Å²) in [7, 11) is 1.44. The van der Waals surface area contributed by atoms with Crippen molar-refractivity contribution in [1.82, 2.24) is 9.97 Å². The molecular weight excluding hydrogens is 335 g/mol. The summed E-state index contributed by atoms with van der Waals surface area (Å²) < 4.78 is 18.4. The minimum Gasteiger partial charge on any atom is -0.496 e. The Bertz CT molecular complexity index is 949. The Morgan fingerprint density at radius 2 is 2.08 bits per heavy atom. The van der Waals surface area contributed by atoms with E-state index < -0.39 is 11.7 Å². The fourth-order valence-electron chi connectivity index (χ4n) is 2.26. The number of carbonyl (C=O) groups is 1. The number of nitrogens with one attached hydrogen (secondary N) is 1. The second-order valence-electron chi connectivity index (χ2n) is 4.91. The van der Waals surface area contributed by atoms with Gasteiger partial charge in [0.15, 0.2) is 0 Å². The third-order valence-electron chi connectivity index (χ3n) is 3.40. The molecule has 8 heteroatoms. The predicted octanol–water partition coefficient (Wildman–Crippen LogP) is 3.27. The predicted molar refractivity (Wildman–Crippen MR) is 89.3 cm³/mol. The number of rotatable bonds is 4. The first-order valence-electron chi connectivity index (χ1n) is 6.84. The molecule has 1 heterocycles. The summed E-state index contributed by atoms with van der Waals surface area (Å²) in [5.74, 6) is -0.402. The highest BCUT2D eigenvalue weighted by atomic mass is 35.5. The van der Waals surface area contributed by atoms with Crippen LogP contribution in [0.25, 0.3) is 10.9 Å². The number of aromatic nitrogens is 2. The molecule has 0 radical (unpaired) electrons. The Balaban J connectivity index is 2.12. The van der Waals surface area contributed by atoms with E-state index in [9.17, 15) is 9.18 Å². The van der Waals surface area contributed by atoms with Gasteiger partial charge in [0.05, 0.1) is 23.2 Å². The maximum absolute atomic E-state index is 13.3. The molecule has 2 aromatic carbocycles. The number of nitrogens with zero attached hydrogens (tertiary/aromatic N) is 2. The molecular formula is C16H12ClFN4O2. The standard InChI is InChI=1S/C16H12ClFN4O2/c1-24-14-6-13-9(5-10(14)15(19)23)16(21-7-20-13)22-8-2-3-12(18)11(17)4-8/h2-7H,1H3,(H2,19,23)(H,20,21,22). The first-order valence-corrected chi connectivity index (χ1v) is 7.22. The molecule has 0 unspecified atom stereocenters. The number of methoxy groups -OCH3 is 1. The fraction of sp³-hybridized carbons (Fsp3) is 0.0625. The maximum Gasteiger partial charge on any atom is 0.252 e. The molecule has 0 saturated heterocycles.